The van der Waals surface area contributed by atoms with Crippen molar-refractivity contribution in [3.63, 3.8) is 0 Å². The first-order chi connectivity index (χ1) is 9.72. The Balaban J connectivity index is 2.90. The normalized spacial score (nSPS) is 11.6. The number of carbonyl (C=O) groups is 3. The van der Waals surface area contributed by atoms with Gasteiger partial charge in [0, 0.05) is 19.8 Å². The number of hydrogen-bond donors (Lipinski definition) is 3. The first-order valence-electron chi connectivity index (χ1n) is 6.01. The van der Waals surface area contributed by atoms with Crippen molar-refractivity contribution in [2.24, 2.45) is 5.73 Å². The molecule has 0 saturated heterocycles. The molecule has 114 valence electrons. The largest absolute Gasteiger partial charge is 0.481 e. The molecule has 0 aromatic heterocycles. The lowest BCUT2D eigenvalue weighted by molar-refractivity contribution is -0.138. The Bertz CT molecular complexity index is 575. The van der Waals surface area contributed by atoms with Crippen LogP contribution in [-0.4, -0.2) is 47.9 Å². The number of nitrogens with two attached hydrogens (primary N) is 1. The summed E-state index contributed by atoms with van der Waals surface area (Å²) in [6.07, 6.45) is -0.483. The number of nitrogens with one attached hydrogen (secondary N) is 1. The van der Waals surface area contributed by atoms with Crippen molar-refractivity contribution in [2.75, 3.05) is 19.4 Å². The number of halogens is 1. The summed E-state index contributed by atoms with van der Waals surface area (Å²) in [5, 5.41) is 11.3. The van der Waals surface area contributed by atoms with E-state index in [1.54, 1.807) is 14.1 Å². The van der Waals surface area contributed by atoms with Gasteiger partial charge in [0.2, 0.25) is 5.91 Å². The Morgan fingerprint density at radius 2 is 2.00 bits per heavy atom. The third-order valence-corrected chi connectivity index (χ3v) is 2.93. The third kappa shape index (κ3) is 4.73. The summed E-state index contributed by atoms with van der Waals surface area (Å²) in [4.78, 5) is 35.5. The van der Waals surface area contributed by atoms with Crippen LogP contribution in [0.15, 0.2) is 18.2 Å². The molecular formula is C13H16ClN3O4. The molecule has 0 heterocycles. The van der Waals surface area contributed by atoms with Crippen LogP contribution in [0.3, 0.4) is 0 Å². The van der Waals surface area contributed by atoms with E-state index < -0.39 is 24.3 Å². The molecule has 7 nitrogen and oxygen atoms in total. The Morgan fingerprint density at radius 3 is 2.52 bits per heavy atom. The highest BCUT2D eigenvalue weighted by molar-refractivity contribution is 6.34. The van der Waals surface area contributed by atoms with Crippen LogP contribution in [0.25, 0.3) is 0 Å². The number of carbonyl (C=O) groups excluding carboxylic acids is 2. The van der Waals surface area contributed by atoms with E-state index in [0.29, 0.717) is 5.69 Å². The Kier molecular flexibility index (Phi) is 5.69. The fraction of sp³-hybridized carbons (Fsp3) is 0.308. The van der Waals surface area contributed by atoms with Crippen molar-refractivity contribution < 1.29 is 19.5 Å². The summed E-state index contributed by atoms with van der Waals surface area (Å²) >= 11 is 5.94. The molecule has 0 radical (unpaired) electrons. The van der Waals surface area contributed by atoms with E-state index >= 15 is 0 Å². The van der Waals surface area contributed by atoms with Crippen LogP contribution in [0.2, 0.25) is 5.02 Å². The molecule has 0 aliphatic carbocycles. The number of carboxylic acids is 1. The van der Waals surface area contributed by atoms with Gasteiger partial charge in [-0.05, 0) is 18.2 Å². The van der Waals surface area contributed by atoms with E-state index in [4.69, 9.17) is 22.4 Å². The number of aliphatic carboxylic acids is 1. The van der Waals surface area contributed by atoms with Gasteiger partial charge in [0.05, 0.1) is 23.0 Å². The minimum Gasteiger partial charge on any atom is -0.481 e. The maximum atomic E-state index is 11.9. The lowest BCUT2D eigenvalue weighted by Crippen LogP contribution is -2.37. The molecule has 0 bridgehead atoms. The maximum Gasteiger partial charge on any atom is 0.305 e. The SMILES string of the molecule is CN(C)C(=O)c1cc(NC(=O)C(N)CC(=O)O)ccc1Cl. The Morgan fingerprint density at radius 1 is 1.38 bits per heavy atom. The van der Waals surface area contributed by atoms with Crippen LogP contribution in [0, 0.1) is 0 Å². The number of anilines is 1. The van der Waals surface area contributed by atoms with Gasteiger partial charge in [0.1, 0.15) is 0 Å². The van der Waals surface area contributed by atoms with Crippen molar-refractivity contribution >= 4 is 35.1 Å². The van der Waals surface area contributed by atoms with Crippen LogP contribution in [0.5, 0.6) is 0 Å². The Labute approximate surface area is 126 Å². The number of benzene rings is 1. The third-order valence-electron chi connectivity index (χ3n) is 2.60. The first kappa shape index (κ1) is 16.9. The van der Waals surface area contributed by atoms with Crippen LogP contribution < -0.4 is 11.1 Å². The number of hydrogen-bond acceptors (Lipinski definition) is 4. The molecule has 21 heavy (non-hydrogen) atoms. The molecule has 1 aromatic carbocycles. The van der Waals surface area contributed by atoms with E-state index in [0.717, 1.165) is 0 Å². The summed E-state index contributed by atoms with van der Waals surface area (Å²) in [5.41, 5.74) is 5.99. The number of nitrogens with zero attached hydrogens (tertiary/aromatic N) is 1. The van der Waals surface area contributed by atoms with Gasteiger partial charge in [-0.25, -0.2) is 0 Å². The van der Waals surface area contributed by atoms with Gasteiger partial charge in [-0.15, -0.1) is 0 Å². The van der Waals surface area contributed by atoms with E-state index in [1.165, 1.54) is 23.1 Å². The summed E-state index contributed by atoms with van der Waals surface area (Å²) in [6.45, 7) is 0. The van der Waals surface area contributed by atoms with Crippen LogP contribution in [-0.2, 0) is 9.59 Å². The smallest absolute Gasteiger partial charge is 0.305 e. The summed E-state index contributed by atoms with van der Waals surface area (Å²) in [5.74, 6) is -2.13. The van der Waals surface area contributed by atoms with Gasteiger partial charge in [-0.2, -0.15) is 0 Å². The minimum absolute atomic E-state index is 0.228. The molecule has 1 rings (SSSR count). The number of carboxylic acid groups (broad SMARTS) is 1. The standard InChI is InChI=1S/C13H16ClN3O4/c1-17(2)13(21)8-5-7(3-4-9(8)14)16-12(20)10(15)6-11(18)19/h3-5,10H,6,15H2,1-2H3,(H,16,20)(H,18,19). The molecule has 8 heteroatoms. The zero-order chi connectivity index (χ0) is 16.2. The molecule has 0 saturated carbocycles. The zero-order valence-corrected chi connectivity index (χ0v) is 12.3. The molecule has 1 unspecified atom stereocenters. The summed E-state index contributed by atoms with van der Waals surface area (Å²) < 4.78 is 0. The molecule has 0 aliphatic rings. The second-order valence-electron chi connectivity index (χ2n) is 4.59. The van der Waals surface area contributed by atoms with E-state index in [1.807, 2.05) is 0 Å². The fourth-order valence-corrected chi connectivity index (χ4v) is 1.72. The molecule has 0 spiro atoms. The van der Waals surface area contributed by atoms with Crippen molar-refractivity contribution in [3.8, 4) is 0 Å². The highest BCUT2D eigenvalue weighted by Gasteiger charge is 2.18. The van der Waals surface area contributed by atoms with Crippen LogP contribution in [0.4, 0.5) is 5.69 Å². The quantitative estimate of drug-likeness (QED) is 0.743. The highest BCUT2D eigenvalue weighted by atomic mass is 35.5. The monoisotopic (exact) mass is 313 g/mol. The molecule has 0 aliphatic heterocycles. The lowest BCUT2D eigenvalue weighted by Gasteiger charge is -2.14. The minimum atomic E-state index is -1.17. The molecule has 4 N–H and O–H groups in total. The van der Waals surface area contributed by atoms with Crippen LogP contribution in [0.1, 0.15) is 16.8 Å². The average Bonchev–Trinajstić information content (AvgIpc) is 2.39. The second kappa shape index (κ2) is 7.05. The Hall–Kier alpha value is -2.12. The zero-order valence-electron chi connectivity index (χ0n) is 11.6. The molecular weight excluding hydrogens is 298 g/mol. The molecule has 1 aromatic rings. The van der Waals surface area contributed by atoms with Crippen molar-refractivity contribution in [1.82, 2.24) is 4.90 Å². The second-order valence-corrected chi connectivity index (χ2v) is 5.00. The average molecular weight is 314 g/mol. The molecule has 2 amide bonds. The van der Waals surface area contributed by atoms with Gasteiger partial charge >= 0.3 is 5.97 Å². The summed E-state index contributed by atoms with van der Waals surface area (Å²) in [6, 6.07) is 3.21. The van der Waals surface area contributed by atoms with Crippen LogP contribution >= 0.6 is 11.6 Å². The van der Waals surface area contributed by atoms with Gasteiger partial charge in [0.15, 0.2) is 0 Å². The van der Waals surface area contributed by atoms with Gasteiger partial charge in [-0.1, -0.05) is 11.6 Å². The maximum absolute atomic E-state index is 11.9. The van der Waals surface area contributed by atoms with E-state index in [-0.39, 0.29) is 16.5 Å². The first-order valence-corrected chi connectivity index (χ1v) is 6.39. The van der Waals surface area contributed by atoms with Crippen molar-refractivity contribution in [3.05, 3.63) is 28.8 Å². The van der Waals surface area contributed by atoms with Gasteiger partial charge < -0.3 is 21.1 Å². The molecule has 0 fully saturated rings. The van der Waals surface area contributed by atoms with E-state index in [9.17, 15) is 14.4 Å². The number of amides is 2. The summed E-state index contributed by atoms with van der Waals surface area (Å²) in [7, 11) is 3.15. The number of rotatable bonds is 5. The predicted octanol–water partition coefficient (Wildman–Crippen LogP) is 0.782. The van der Waals surface area contributed by atoms with Gasteiger partial charge in [0.25, 0.3) is 5.91 Å². The van der Waals surface area contributed by atoms with Gasteiger partial charge in [-0.3, -0.25) is 14.4 Å². The van der Waals surface area contributed by atoms with E-state index in [2.05, 4.69) is 5.32 Å². The predicted molar refractivity (Wildman–Crippen MR) is 78.3 cm³/mol. The molecule has 1 atom stereocenters. The lowest BCUT2D eigenvalue weighted by atomic mass is 10.1. The topological polar surface area (TPSA) is 113 Å². The van der Waals surface area contributed by atoms with Crippen molar-refractivity contribution in [2.45, 2.75) is 12.5 Å². The highest BCUT2D eigenvalue weighted by Crippen LogP contribution is 2.21. The van der Waals surface area contributed by atoms with Crippen molar-refractivity contribution in [1.29, 1.82) is 0 Å². The fourth-order valence-electron chi connectivity index (χ4n) is 1.52.